The Morgan fingerprint density at radius 1 is 0.947 bits per heavy atom. The number of rotatable bonds is 9. The van der Waals surface area contributed by atoms with Crippen LogP contribution in [0.5, 0.6) is 5.75 Å². The molecule has 1 saturated carbocycles. The molecule has 2 amide bonds. The molecule has 0 saturated heterocycles. The van der Waals surface area contributed by atoms with Gasteiger partial charge in [-0.15, -0.1) is 0 Å². The predicted molar refractivity (Wildman–Crippen MR) is 150 cm³/mol. The van der Waals surface area contributed by atoms with Crippen LogP contribution in [0.2, 0.25) is 0 Å². The fraction of sp³-hybridized carbons (Fsp3) is 0.312. The largest absolute Gasteiger partial charge is 0.497 e. The summed E-state index contributed by atoms with van der Waals surface area (Å²) in [6.07, 6.45) is 7.51. The van der Waals surface area contributed by atoms with Gasteiger partial charge in [0.2, 0.25) is 11.8 Å². The first kappa shape index (κ1) is 25.6. The molecule has 1 aliphatic rings. The fourth-order valence-electron chi connectivity index (χ4n) is 5.43. The van der Waals surface area contributed by atoms with Crippen LogP contribution in [0, 0.1) is 0 Å². The lowest BCUT2D eigenvalue weighted by molar-refractivity contribution is -0.141. The number of nitrogens with zero attached hydrogens (tertiary/aromatic N) is 1. The molecule has 1 fully saturated rings. The Bertz CT molecular complexity index is 1360. The highest BCUT2D eigenvalue weighted by molar-refractivity contribution is 5.92. The van der Waals surface area contributed by atoms with E-state index in [2.05, 4.69) is 10.3 Å². The molecule has 0 spiro atoms. The minimum Gasteiger partial charge on any atom is -0.497 e. The molecule has 1 atom stereocenters. The molecule has 0 bridgehead atoms. The summed E-state index contributed by atoms with van der Waals surface area (Å²) in [5.74, 6) is 0.530. The van der Waals surface area contributed by atoms with Crippen LogP contribution in [0.1, 0.15) is 54.8 Å². The Labute approximate surface area is 224 Å². The standard InChI is InChI=1S/C32H35N3O3/c1-38-27-18-16-23(17-19-27)22-35(30(36)20-25-21-33-29-15-9-8-14-28(25)29)31(24-10-4-2-5-11-24)32(37)34-26-12-6-3-7-13-26/h2,4-5,8-11,14-19,21,26,31,33H,3,6-7,12-13,20,22H2,1H3,(H,34,37)/t31-/m1/s1. The summed E-state index contributed by atoms with van der Waals surface area (Å²) in [5, 5.41) is 4.31. The van der Waals surface area contributed by atoms with Crippen molar-refractivity contribution in [3.63, 3.8) is 0 Å². The number of H-pyrrole nitrogens is 1. The number of hydrogen-bond acceptors (Lipinski definition) is 3. The van der Waals surface area contributed by atoms with Gasteiger partial charge in [-0.1, -0.05) is 79.9 Å². The molecule has 1 heterocycles. The van der Waals surface area contributed by atoms with E-state index in [1.165, 1.54) is 6.42 Å². The summed E-state index contributed by atoms with van der Waals surface area (Å²) >= 11 is 0. The number of ether oxygens (including phenoxy) is 1. The van der Waals surface area contributed by atoms with Gasteiger partial charge in [0.15, 0.2) is 0 Å². The molecule has 4 aromatic rings. The summed E-state index contributed by atoms with van der Waals surface area (Å²) in [4.78, 5) is 33.0. The predicted octanol–water partition coefficient (Wildman–Crippen LogP) is 5.94. The number of fused-ring (bicyclic) bond motifs is 1. The van der Waals surface area contributed by atoms with E-state index in [1.807, 2.05) is 85.1 Å². The number of carbonyl (C=O) groups excluding carboxylic acids is 2. The molecule has 0 radical (unpaired) electrons. The van der Waals surface area contributed by atoms with Crippen molar-refractivity contribution >= 4 is 22.7 Å². The lowest BCUT2D eigenvalue weighted by atomic mass is 9.94. The summed E-state index contributed by atoms with van der Waals surface area (Å²) in [5.41, 5.74) is 3.66. The average Bonchev–Trinajstić information content (AvgIpc) is 3.37. The number of benzene rings is 3. The van der Waals surface area contributed by atoms with E-state index in [0.29, 0.717) is 6.54 Å². The molecule has 1 aromatic heterocycles. The minimum atomic E-state index is -0.738. The third kappa shape index (κ3) is 5.91. The first-order valence-electron chi connectivity index (χ1n) is 13.4. The highest BCUT2D eigenvalue weighted by Gasteiger charge is 2.33. The van der Waals surface area contributed by atoms with Crippen LogP contribution in [0.4, 0.5) is 0 Å². The monoisotopic (exact) mass is 509 g/mol. The van der Waals surface area contributed by atoms with Crippen LogP contribution in [-0.4, -0.2) is 34.8 Å². The fourth-order valence-corrected chi connectivity index (χ4v) is 5.43. The van der Waals surface area contributed by atoms with E-state index < -0.39 is 6.04 Å². The van der Waals surface area contributed by atoms with E-state index in [9.17, 15) is 9.59 Å². The van der Waals surface area contributed by atoms with E-state index in [1.54, 1.807) is 12.0 Å². The number of hydrogen-bond donors (Lipinski definition) is 2. The van der Waals surface area contributed by atoms with Crippen LogP contribution >= 0.6 is 0 Å². The first-order valence-corrected chi connectivity index (χ1v) is 13.4. The Kier molecular flexibility index (Phi) is 8.07. The van der Waals surface area contributed by atoms with Crippen molar-refractivity contribution < 1.29 is 14.3 Å². The summed E-state index contributed by atoms with van der Waals surface area (Å²) < 4.78 is 5.32. The zero-order chi connectivity index (χ0) is 26.3. The van der Waals surface area contributed by atoms with Crippen LogP contribution in [0.15, 0.2) is 85.1 Å². The maximum atomic E-state index is 14.1. The number of amides is 2. The van der Waals surface area contributed by atoms with Crippen molar-refractivity contribution in [2.24, 2.45) is 0 Å². The molecule has 0 aliphatic heterocycles. The van der Waals surface area contributed by atoms with E-state index in [0.717, 1.165) is 59.0 Å². The second kappa shape index (κ2) is 12.0. The van der Waals surface area contributed by atoms with E-state index in [4.69, 9.17) is 4.74 Å². The van der Waals surface area contributed by atoms with E-state index in [-0.39, 0.29) is 24.3 Å². The molecule has 5 rings (SSSR count). The van der Waals surface area contributed by atoms with Crippen molar-refractivity contribution in [2.45, 2.75) is 57.2 Å². The zero-order valence-corrected chi connectivity index (χ0v) is 21.9. The van der Waals surface area contributed by atoms with Gasteiger partial charge in [-0.25, -0.2) is 0 Å². The number of aromatic amines is 1. The van der Waals surface area contributed by atoms with Crippen molar-refractivity contribution in [2.75, 3.05) is 7.11 Å². The normalized spacial score (nSPS) is 14.7. The van der Waals surface area contributed by atoms with Crippen molar-refractivity contribution in [1.82, 2.24) is 15.2 Å². The van der Waals surface area contributed by atoms with Crippen LogP contribution in [0.3, 0.4) is 0 Å². The summed E-state index contributed by atoms with van der Waals surface area (Å²) in [6.45, 7) is 0.308. The number of carbonyl (C=O) groups is 2. The summed E-state index contributed by atoms with van der Waals surface area (Å²) in [7, 11) is 1.63. The number of para-hydroxylation sites is 1. The third-order valence-corrected chi connectivity index (χ3v) is 7.48. The van der Waals surface area contributed by atoms with Gasteiger partial charge in [-0.05, 0) is 47.7 Å². The first-order chi connectivity index (χ1) is 18.6. The second-order valence-corrected chi connectivity index (χ2v) is 10.1. The topological polar surface area (TPSA) is 74.4 Å². The maximum absolute atomic E-state index is 14.1. The van der Waals surface area contributed by atoms with Crippen LogP contribution in [0.25, 0.3) is 10.9 Å². The van der Waals surface area contributed by atoms with Gasteiger partial charge in [-0.2, -0.15) is 0 Å². The van der Waals surface area contributed by atoms with Crippen molar-refractivity contribution in [3.05, 3.63) is 102 Å². The second-order valence-electron chi connectivity index (χ2n) is 10.1. The highest BCUT2D eigenvalue weighted by Crippen LogP contribution is 2.28. The van der Waals surface area contributed by atoms with Crippen molar-refractivity contribution in [3.8, 4) is 5.75 Å². The Morgan fingerprint density at radius 2 is 1.66 bits per heavy atom. The van der Waals surface area contributed by atoms with Gasteiger partial charge < -0.3 is 19.9 Å². The minimum absolute atomic E-state index is 0.0989. The molecule has 196 valence electrons. The highest BCUT2D eigenvalue weighted by atomic mass is 16.5. The lowest BCUT2D eigenvalue weighted by Gasteiger charge is -2.33. The Balaban J connectivity index is 1.50. The molecule has 1 aliphatic carbocycles. The molecular formula is C32H35N3O3. The lowest BCUT2D eigenvalue weighted by Crippen LogP contribution is -2.47. The smallest absolute Gasteiger partial charge is 0.247 e. The molecule has 0 unspecified atom stereocenters. The van der Waals surface area contributed by atoms with E-state index >= 15 is 0 Å². The number of methoxy groups -OCH3 is 1. The quantitative estimate of drug-likeness (QED) is 0.293. The van der Waals surface area contributed by atoms with Gasteiger partial charge in [0.05, 0.1) is 13.5 Å². The maximum Gasteiger partial charge on any atom is 0.247 e. The van der Waals surface area contributed by atoms with Gasteiger partial charge in [0, 0.05) is 29.7 Å². The number of aromatic nitrogens is 1. The summed E-state index contributed by atoms with van der Waals surface area (Å²) in [6, 6.07) is 24.7. The molecule has 38 heavy (non-hydrogen) atoms. The average molecular weight is 510 g/mol. The van der Waals surface area contributed by atoms with Gasteiger partial charge in [0.25, 0.3) is 0 Å². The van der Waals surface area contributed by atoms with Crippen LogP contribution < -0.4 is 10.1 Å². The molecule has 6 heteroatoms. The molecule has 2 N–H and O–H groups in total. The van der Waals surface area contributed by atoms with Crippen LogP contribution in [-0.2, 0) is 22.6 Å². The molecule has 3 aromatic carbocycles. The van der Waals surface area contributed by atoms with Gasteiger partial charge >= 0.3 is 0 Å². The van der Waals surface area contributed by atoms with Crippen molar-refractivity contribution in [1.29, 1.82) is 0 Å². The SMILES string of the molecule is COc1ccc(CN(C(=O)Cc2c[nH]c3ccccc23)[C@@H](C(=O)NC2CCCCC2)c2ccccc2)cc1. The number of nitrogens with one attached hydrogen (secondary N) is 2. The molecule has 6 nitrogen and oxygen atoms in total. The third-order valence-electron chi connectivity index (χ3n) is 7.48. The molecular weight excluding hydrogens is 474 g/mol. The zero-order valence-electron chi connectivity index (χ0n) is 21.9. The Hall–Kier alpha value is -4.06. The Morgan fingerprint density at radius 3 is 2.39 bits per heavy atom. The van der Waals surface area contributed by atoms with Gasteiger partial charge in [-0.3, -0.25) is 9.59 Å². The van der Waals surface area contributed by atoms with Gasteiger partial charge in [0.1, 0.15) is 11.8 Å².